The summed E-state index contributed by atoms with van der Waals surface area (Å²) in [4.78, 5) is 21.7. The number of nitrogens with zero attached hydrogens (tertiary/aromatic N) is 2. The molecule has 0 saturated heterocycles. The zero-order valence-corrected chi connectivity index (χ0v) is 6.47. The quantitative estimate of drug-likeness (QED) is 0.529. The van der Waals surface area contributed by atoms with Crippen molar-refractivity contribution in [1.82, 2.24) is 0 Å². The summed E-state index contributed by atoms with van der Waals surface area (Å²) >= 11 is 0. The molecule has 0 aromatic carbocycles. The van der Waals surface area contributed by atoms with E-state index in [2.05, 4.69) is 0 Å². The van der Waals surface area contributed by atoms with Gasteiger partial charge >= 0.3 is 0 Å². The second-order valence-electron chi connectivity index (χ2n) is 2.26. The predicted octanol–water partition coefficient (Wildman–Crippen LogP) is 0.633. The molecule has 1 aliphatic carbocycles. The van der Waals surface area contributed by atoms with Crippen molar-refractivity contribution >= 4 is 11.6 Å². The fourth-order valence-electron chi connectivity index (χ4n) is 0.846. The van der Waals surface area contributed by atoms with Crippen molar-refractivity contribution in [3.63, 3.8) is 0 Å². The van der Waals surface area contributed by atoms with Crippen molar-refractivity contribution < 1.29 is 18.4 Å². The summed E-state index contributed by atoms with van der Waals surface area (Å²) in [5, 5.41) is 16.5. The topological polar surface area (TPSA) is 81.7 Å². The lowest BCUT2D eigenvalue weighted by Crippen LogP contribution is -2.19. The normalized spacial score (nSPS) is 16.9. The van der Waals surface area contributed by atoms with Gasteiger partial charge in [-0.25, -0.2) is 8.78 Å². The summed E-state index contributed by atoms with van der Waals surface area (Å²) in [6.07, 6.45) is 0. The highest BCUT2D eigenvalue weighted by Gasteiger charge is 2.36. The van der Waals surface area contributed by atoms with Gasteiger partial charge in [-0.05, 0) is 0 Å². The molecular formula is C8F2N2O2. The molecule has 1 aliphatic rings. The standard InChI is InChI=1S/C8F2N2O2/c9-5-3(1-11)7(13)6(10)4(2-12)8(5)14. The van der Waals surface area contributed by atoms with Gasteiger partial charge in [-0.3, -0.25) is 9.59 Å². The average Bonchev–Trinajstić information content (AvgIpc) is 2.17. The Bertz CT molecular complexity index is 442. The first-order valence-corrected chi connectivity index (χ1v) is 3.23. The van der Waals surface area contributed by atoms with E-state index in [4.69, 9.17) is 10.5 Å². The first-order chi connectivity index (χ1) is 6.54. The second-order valence-corrected chi connectivity index (χ2v) is 2.26. The van der Waals surface area contributed by atoms with Crippen LogP contribution in [0.15, 0.2) is 22.8 Å². The third-order valence-electron chi connectivity index (χ3n) is 1.52. The maximum absolute atomic E-state index is 12.8. The fourth-order valence-corrected chi connectivity index (χ4v) is 0.846. The molecule has 68 valence electrons. The summed E-state index contributed by atoms with van der Waals surface area (Å²) in [6, 6.07) is 2.12. The summed E-state index contributed by atoms with van der Waals surface area (Å²) in [5.41, 5.74) is -2.40. The molecule has 0 atom stereocenters. The van der Waals surface area contributed by atoms with Gasteiger partial charge < -0.3 is 0 Å². The van der Waals surface area contributed by atoms with Gasteiger partial charge in [-0.1, -0.05) is 0 Å². The van der Waals surface area contributed by atoms with Gasteiger partial charge in [-0.2, -0.15) is 10.5 Å². The number of nitriles is 2. The van der Waals surface area contributed by atoms with Gasteiger partial charge in [0.25, 0.3) is 0 Å². The molecule has 0 heterocycles. The number of carbonyl (C=O) groups is 2. The van der Waals surface area contributed by atoms with E-state index in [-0.39, 0.29) is 0 Å². The highest BCUT2D eigenvalue weighted by molar-refractivity contribution is 6.26. The van der Waals surface area contributed by atoms with Gasteiger partial charge in [0.15, 0.2) is 11.7 Å². The van der Waals surface area contributed by atoms with Crippen molar-refractivity contribution in [2.45, 2.75) is 0 Å². The Kier molecular flexibility index (Phi) is 2.22. The molecule has 4 nitrogen and oxygen atoms in total. The van der Waals surface area contributed by atoms with E-state index < -0.39 is 34.4 Å². The lowest BCUT2D eigenvalue weighted by Gasteiger charge is -2.05. The number of hydrogen-bond donors (Lipinski definition) is 0. The van der Waals surface area contributed by atoms with E-state index in [9.17, 15) is 18.4 Å². The number of allylic oxidation sites excluding steroid dienone is 4. The predicted molar refractivity (Wildman–Crippen MR) is 37.5 cm³/mol. The number of Topliss-reactive ketones (excluding diaryl/α,β-unsaturated/α-hetero) is 2. The van der Waals surface area contributed by atoms with Crippen molar-refractivity contribution in [2.24, 2.45) is 0 Å². The molecule has 0 radical (unpaired) electrons. The maximum atomic E-state index is 12.8. The minimum atomic E-state index is -1.68. The zero-order valence-electron chi connectivity index (χ0n) is 6.47. The van der Waals surface area contributed by atoms with Crippen LogP contribution in [-0.2, 0) is 9.59 Å². The molecule has 0 aromatic heterocycles. The van der Waals surface area contributed by atoms with E-state index >= 15 is 0 Å². The molecule has 0 bridgehead atoms. The van der Waals surface area contributed by atoms with Crippen molar-refractivity contribution in [1.29, 1.82) is 10.5 Å². The Balaban J connectivity index is 3.47. The largest absolute Gasteiger partial charge is 0.285 e. The molecule has 6 heteroatoms. The fraction of sp³-hybridized carbons (Fsp3) is 0. The minimum absolute atomic E-state index is 1.06. The second kappa shape index (κ2) is 3.19. The van der Waals surface area contributed by atoms with Crippen LogP contribution < -0.4 is 0 Å². The van der Waals surface area contributed by atoms with Gasteiger partial charge in [0.1, 0.15) is 23.3 Å². The molecule has 0 spiro atoms. The Labute approximate surface area is 76.3 Å². The van der Waals surface area contributed by atoms with Gasteiger partial charge in [0, 0.05) is 0 Å². The Morgan fingerprint density at radius 3 is 1.36 bits per heavy atom. The monoisotopic (exact) mass is 194 g/mol. The molecule has 0 aliphatic heterocycles. The molecule has 0 amide bonds. The number of hydrogen-bond acceptors (Lipinski definition) is 4. The van der Waals surface area contributed by atoms with Crippen LogP contribution in [0.2, 0.25) is 0 Å². The average molecular weight is 194 g/mol. The number of rotatable bonds is 0. The summed E-state index contributed by atoms with van der Waals surface area (Å²) < 4.78 is 25.7. The number of ketones is 2. The molecule has 1 rings (SSSR count). The first-order valence-electron chi connectivity index (χ1n) is 3.23. The Morgan fingerprint density at radius 2 is 1.14 bits per heavy atom. The summed E-state index contributed by atoms with van der Waals surface area (Å²) in [6.45, 7) is 0. The lowest BCUT2D eigenvalue weighted by molar-refractivity contribution is -0.118. The number of halogens is 2. The third kappa shape index (κ3) is 1.10. The van der Waals surface area contributed by atoms with Crippen LogP contribution in [0.5, 0.6) is 0 Å². The van der Waals surface area contributed by atoms with Crippen LogP contribution in [0, 0.1) is 22.7 Å². The molecule has 0 aromatic rings. The van der Waals surface area contributed by atoms with Crippen LogP contribution in [0.4, 0.5) is 8.78 Å². The smallest absolute Gasteiger partial charge is 0.236 e. The van der Waals surface area contributed by atoms with Crippen LogP contribution in [0.3, 0.4) is 0 Å². The first kappa shape index (κ1) is 9.75. The summed E-state index contributed by atoms with van der Waals surface area (Å²) in [5.74, 6) is -6.51. The molecule has 0 saturated carbocycles. The SMILES string of the molecule is N#CC1=C(F)C(=O)C(C#N)=C(F)C1=O. The van der Waals surface area contributed by atoms with E-state index in [1.807, 2.05) is 0 Å². The van der Waals surface area contributed by atoms with Crippen LogP contribution >= 0.6 is 0 Å². The van der Waals surface area contributed by atoms with Gasteiger partial charge in [-0.15, -0.1) is 0 Å². The van der Waals surface area contributed by atoms with Crippen molar-refractivity contribution in [3.8, 4) is 12.1 Å². The zero-order chi connectivity index (χ0) is 10.9. The van der Waals surface area contributed by atoms with Gasteiger partial charge in [0.05, 0.1) is 0 Å². The lowest BCUT2D eigenvalue weighted by atomic mass is 9.96. The van der Waals surface area contributed by atoms with Crippen molar-refractivity contribution in [3.05, 3.63) is 22.8 Å². The number of carbonyl (C=O) groups excluding carboxylic acids is 2. The van der Waals surface area contributed by atoms with Crippen LogP contribution in [0.1, 0.15) is 0 Å². The van der Waals surface area contributed by atoms with E-state index in [0.29, 0.717) is 0 Å². The highest BCUT2D eigenvalue weighted by atomic mass is 19.1. The molecule has 0 fully saturated rings. The van der Waals surface area contributed by atoms with E-state index in [1.165, 1.54) is 0 Å². The maximum Gasteiger partial charge on any atom is 0.236 e. The molecular weight excluding hydrogens is 194 g/mol. The Morgan fingerprint density at radius 1 is 0.857 bits per heavy atom. The summed E-state index contributed by atoms with van der Waals surface area (Å²) in [7, 11) is 0. The Hall–Kier alpha value is -2.34. The van der Waals surface area contributed by atoms with Crippen LogP contribution in [0.25, 0.3) is 0 Å². The van der Waals surface area contributed by atoms with Crippen LogP contribution in [-0.4, -0.2) is 11.6 Å². The van der Waals surface area contributed by atoms with Gasteiger partial charge in [0.2, 0.25) is 11.6 Å². The minimum Gasteiger partial charge on any atom is -0.285 e. The van der Waals surface area contributed by atoms with E-state index in [1.54, 1.807) is 0 Å². The molecule has 14 heavy (non-hydrogen) atoms. The highest BCUT2D eigenvalue weighted by Crippen LogP contribution is 2.25. The third-order valence-corrected chi connectivity index (χ3v) is 1.52. The van der Waals surface area contributed by atoms with E-state index in [0.717, 1.165) is 12.1 Å². The molecule has 0 unspecified atom stereocenters. The molecule has 0 N–H and O–H groups in total. The van der Waals surface area contributed by atoms with Crippen molar-refractivity contribution in [2.75, 3.05) is 0 Å².